The number of alkyl halides is 1. The smallest absolute Gasteiger partial charge is 0.331 e. The Labute approximate surface area is 198 Å². The molecule has 10 heteroatoms. The van der Waals surface area contributed by atoms with E-state index in [0.717, 1.165) is 10.0 Å². The number of para-hydroxylation sites is 1. The molecular weight excluding hydrogens is 498 g/mol. The van der Waals surface area contributed by atoms with E-state index >= 15 is 0 Å². The van der Waals surface area contributed by atoms with Crippen LogP contribution in [0.5, 0.6) is 11.5 Å². The van der Waals surface area contributed by atoms with Crippen LogP contribution in [-0.4, -0.2) is 41.6 Å². The number of hydrogen-bond acceptors (Lipinski definition) is 6. The van der Waals surface area contributed by atoms with Gasteiger partial charge in [-0.2, -0.15) is 0 Å². The molecular formula is C22H19BrClN5O3. The molecule has 2 atom stereocenters. The van der Waals surface area contributed by atoms with Gasteiger partial charge in [-0.3, -0.25) is 9.80 Å². The first-order valence-electron chi connectivity index (χ1n) is 9.91. The Morgan fingerprint density at radius 3 is 2.84 bits per heavy atom. The summed E-state index contributed by atoms with van der Waals surface area (Å²) in [5.41, 5.74) is 8.54. The van der Waals surface area contributed by atoms with Crippen LogP contribution in [0.4, 0.5) is 16.3 Å². The lowest BCUT2D eigenvalue weighted by atomic mass is 10.1. The van der Waals surface area contributed by atoms with Gasteiger partial charge in [-0.1, -0.05) is 12.1 Å². The van der Waals surface area contributed by atoms with E-state index < -0.39 is 6.17 Å². The van der Waals surface area contributed by atoms with E-state index in [0.29, 0.717) is 46.9 Å². The van der Waals surface area contributed by atoms with E-state index in [2.05, 4.69) is 25.9 Å². The topological polar surface area (TPSA) is 93.8 Å². The number of carbonyl (C=O) groups is 1. The third-order valence-corrected chi connectivity index (χ3v) is 6.42. The number of ether oxygens (including phenoxy) is 2. The first kappa shape index (κ1) is 21.0. The van der Waals surface area contributed by atoms with Gasteiger partial charge in [-0.15, -0.1) is 11.6 Å². The van der Waals surface area contributed by atoms with Crippen molar-refractivity contribution in [1.29, 1.82) is 0 Å². The molecule has 2 aliphatic rings. The molecule has 3 aromatic rings. The number of carbonyl (C=O) groups excluding carboxylic acids is 1. The molecule has 2 amide bonds. The quantitative estimate of drug-likeness (QED) is 0.521. The summed E-state index contributed by atoms with van der Waals surface area (Å²) in [6.45, 7) is 0.377. The number of fused-ring (bicyclic) bond motifs is 2. The number of aromatic nitrogens is 2. The molecule has 0 fully saturated rings. The average Bonchev–Trinajstić information content (AvgIpc) is 2.83. The lowest BCUT2D eigenvalue weighted by Crippen LogP contribution is -2.51. The van der Waals surface area contributed by atoms with Crippen LogP contribution in [0.15, 0.2) is 53.1 Å². The van der Waals surface area contributed by atoms with Crippen LogP contribution in [0.3, 0.4) is 0 Å². The van der Waals surface area contributed by atoms with E-state index in [-0.39, 0.29) is 12.1 Å². The maximum absolute atomic E-state index is 13.2. The minimum Gasteiger partial charge on any atom is -0.486 e. The van der Waals surface area contributed by atoms with Crippen molar-refractivity contribution in [3.05, 3.63) is 58.7 Å². The largest absolute Gasteiger partial charge is 0.486 e. The maximum Gasteiger partial charge on any atom is 0.331 e. The van der Waals surface area contributed by atoms with Gasteiger partial charge in [0, 0.05) is 23.3 Å². The van der Waals surface area contributed by atoms with E-state index in [1.165, 1.54) is 9.80 Å². The van der Waals surface area contributed by atoms with E-state index in [4.69, 9.17) is 26.8 Å². The molecule has 164 valence electrons. The first-order valence-corrected chi connectivity index (χ1v) is 11.2. The van der Waals surface area contributed by atoms with Gasteiger partial charge >= 0.3 is 6.03 Å². The number of hydrogen-bond donors (Lipinski definition) is 1. The normalized spacial score (nSPS) is 19.7. The molecule has 0 saturated carbocycles. The number of anilines is 2. The summed E-state index contributed by atoms with van der Waals surface area (Å²) in [6.07, 6.45) is 0.757. The van der Waals surface area contributed by atoms with Crippen LogP contribution in [0, 0.1) is 0 Å². The number of rotatable bonds is 3. The van der Waals surface area contributed by atoms with Gasteiger partial charge in [0.1, 0.15) is 24.7 Å². The van der Waals surface area contributed by atoms with E-state index in [9.17, 15) is 4.79 Å². The van der Waals surface area contributed by atoms with Crippen molar-refractivity contribution in [3.63, 3.8) is 0 Å². The van der Waals surface area contributed by atoms with Gasteiger partial charge in [0.05, 0.1) is 17.1 Å². The number of nitrogens with zero attached hydrogens (tertiary/aromatic N) is 4. The molecule has 8 nitrogen and oxygen atoms in total. The Morgan fingerprint density at radius 1 is 1.25 bits per heavy atom. The van der Waals surface area contributed by atoms with Crippen molar-refractivity contribution >= 4 is 45.1 Å². The van der Waals surface area contributed by atoms with Crippen molar-refractivity contribution in [3.8, 4) is 22.9 Å². The zero-order chi connectivity index (χ0) is 22.4. The summed E-state index contributed by atoms with van der Waals surface area (Å²) in [6, 6.07) is 12.6. The second-order valence-corrected chi connectivity index (χ2v) is 8.61. The molecule has 0 radical (unpaired) electrons. The summed E-state index contributed by atoms with van der Waals surface area (Å²) >= 11 is 9.36. The number of nitrogens with two attached hydrogens (primary N) is 1. The van der Waals surface area contributed by atoms with Gasteiger partial charge in [-0.25, -0.2) is 14.8 Å². The fraction of sp³-hybridized carbons (Fsp3) is 0.227. The average molecular weight is 517 g/mol. The third kappa shape index (κ3) is 3.46. The monoisotopic (exact) mass is 515 g/mol. The minimum atomic E-state index is -0.728. The second-order valence-electron chi connectivity index (χ2n) is 7.45. The highest BCUT2D eigenvalue weighted by Crippen LogP contribution is 2.39. The van der Waals surface area contributed by atoms with E-state index in [1.807, 2.05) is 36.4 Å². The van der Waals surface area contributed by atoms with Crippen molar-refractivity contribution in [1.82, 2.24) is 9.97 Å². The van der Waals surface area contributed by atoms with Crippen LogP contribution >= 0.6 is 27.5 Å². The molecule has 2 unspecified atom stereocenters. The lowest BCUT2D eigenvalue weighted by molar-refractivity contribution is 0.106. The van der Waals surface area contributed by atoms with Crippen LogP contribution in [0.1, 0.15) is 11.7 Å². The van der Waals surface area contributed by atoms with E-state index in [1.54, 1.807) is 19.3 Å². The fourth-order valence-electron chi connectivity index (χ4n) is 3.74. The van der Waals surface area contributed by atoms with Crippen molar-refractivity contribution in [2.24, 2.45) is 5.73 Å². The summed E-state index contributed by atoms with van der Waals surface area (Å²) in [5, 5.41) is 0. The summed E-state index contributed by atoms with van der Waals surface area (Å²) < 4.78 is 12.3. The minimum absolute atomic E-state index is 0.177. The van der Waals surface area contributed by atoms with Crippen LogP contribution in [0.25, 0.3) is 11.4 Å². The zero-order valence-electron chi connectivity index (χ0n) is 17.0. The molecule has 2 N–H and O–H groups in total. The molecule has 0 saturated heterocycles. The Bertz CT molecular complexity index is 1210. The van der Waals surface area contributed by atoms with Gasteiger partial charge in [0.15, 0.2) is 17.3 Å². The van der Waals surface area contributed by atoms with Crippen molar-refractivity contribution < 1.29 is 14.3 Å². The molecule has 0 bridgehead atoms. The number of amides is 2. The zero-order valence-corrected chi connectivity index (χ0v) is 19.4. The molecule has 0 spiro atoms. The Hall–Kier alpha value is -2.88. The van der Waals surface area contributed by atoms with Gasteiger partial charge in [0.25, 0.3) is 0 Å². The van der Waals surface area contributed by atoms with Crippen LogP contribution < -0.4 is 25.0 Å². The molecule has 1 aromatic heterocycles. The highest BCUT2D eigenvalue weighted by molar-refractivity contribution is 9.10. The molecule has 32 heavy (non-hydrogen) atoms. The summed E-state index contributed by atoms with van der Waals surface area (Å²) in [4.78, 5) is 25.4. The number of benzene rings is 2. The van der Waals surface area contributed by atoms with Gasteiger partial charge in [-0.05, 0) is 46.3 Å². The number of halogens is 2. The predicted octanol–water partition coefficient (Wildman–Crippen LogP) is 4.32. The summed E-state index contributed by atoms with van der Waals surface area (Å²) in [5.74, 6) is 2.50. The molecule has 2 aliphatic heterocycles. The number of urea groups is 1. The predicted molar refractivity (Wildman–Crippen MR) is 125 cm³/mol. The first-order chi connectivity index (χ1) is 15.5. The summed E-state index contributed by atoms with van der Waals surface area (Å²) in [7, 11) is 1.67. The van der Waals surface area contributed by atoms with Crippen molar-refractivity contribution in [2.75, 3.05) is 29.3 Å². The molecule has 0 aliphatic carbocycles. The van der Waals surface area contributed by atoms with Crippen LogP contribution in [0.2, 0.25) is 0 Å². The molecule has 5 rings (SSSR count). The highest BCUT2D eigenvalue weighted by atomic mass is 79.9. The molecule has 2 aromatic carbocycles. The fourth-order valence-corrected chi connectivity index (χ4v) is 4.37. The lowest BCUT2D eigenvalue weighted by Gasteiger charge is -2.38. The Kier molecular flexibility index (Phi) is 5.40. The van der Waals surface area contributed by atoms with Gasteiger partial charge in [0.2, 0.25) is 0 Å². The van der Waals surface area contributed by atoms with Crippen LogP contribution in [-0.2, 0) is 0 Å². The second kappa shape index (κ2) is 8.23. The molecule has 3 heterocycles. The van der Waals surface area contributed by atoms with Crippen molar-refractivity contribution in [2.45, 2.75) is 12.3 Å². The maximum atomic E-state index is 13.2. The standard InChI is InChI=1S/C22H19BrClN5O3/c1-28-21-14(19(25)29(22(28)30)16-5-3-2-4-15(16)23)10-26-20(27-21)12-6-7-17-18(8-12)31-11-13(9-24)32-17/h2-8,10,13,19H,9,11,25H2,1H3. The third-order valence-electron chi connectivity index (χ3n) is 5.41. The Balaban J connectivity index is 1.51. The Morgan fingerprint density at radius 2 is 2.06 bits per heavy atom. The SMILES string of the molecule is CN1C(=O)N(c2ccccc2Br)C(N)c2cnc(-c3ccc4c(c3)OCC(CCl)O4)nc21. The van der Waals surface area contributed by atoms with Gasteiger partial charge < -0.3 is 15.2 Å². The highest BCUT2D eigenvalue weighted by Gasteiger charge is 2.37.